The van der Waals surface area contributed by atoms with Crippen LogP contribution in [0.3, 0.4) is 0 Å². The van der Waals surface area contributed by atoms with Gasteiger partial charge in [-0.25, -0.2) is 4.98 Å². The van der Waals surface area contributed by atoms with Gasteiger partial charge in [-0.15, -0.1) is 0 Å². The van der Waals surface area contributed by atoms with Gasteiger partial charge in [0.1, 0.15) is 5.75 Å². The third-order valence-electron chi connectivity index (χ3n) is 3.83. The van der Waals surface area contributed by atoms with E-state index in [2.05, 4.69) is 4.98 Å². The van der Waals surface area contributed by atoms with Crippen molar-refractivity contribution in [2.24, 2.45) is 5.92 Å². The lowest BCUT2D eigenvalue weighted by molar-refractivity contribution is 0.0609. The van der Waals surface area contributed by atoms with E-state index in [4.69, 9.17) is 9.47 Å². The van der Waals surface area contributed by atoms with Crippen LogP contribution in [0, 0.1) is 5.92 Å². The smallest absolute Gasteiger partial charge is 0.261 e. The van der Waals surface area contributed by atoms with E-state index in [0.717, 1.165) is 26.1 Å². The van der Waals surface area contributed by atoms with E-state index < -0.39 is 0 Å². The number of aromatic nitrogens is 2. The van der Waals surface area contributed by atoms with Crippen molar-refractivity contribution in [1.29, 1.82) is 0 Å². The van der Waals surface area contributed by atoms with Gasteiger partial charge < -0.3 is 9.47 Å². The lowest BCUT2D eigenvalue weighted by Crippen LogP contribution is -2.27. The molecule has 1 aromatic heterocycles. The highest BCUT2D eigenvalue weighted by molar-refractivity contribution is 5.78. The van der Waals surface area contributed by atoms with Crippen molar-refractivity contribution in [3.05, 3.63) is 34.9 Å². The Bertz CT molecular complexity index is 660. The maximum absolute atomic E-state index is 12.5. The lowest BCUT2D eigenvalue weighted by atomic mass is 10.0. The summed E-state index contributed by atoms with van der Waals surface area (Å²) in [6.45, 7) is 2.28. The molecule has 0 saturated carbocycles. The summed E-state index contributed by atoms with van der Waals surface area (Å²) >= 11 is 0. The van der Waals surface area contributed by atoms with Gasteiger partial charge in [-0.1, -0.05) is 0 Å². The summed E-state index contributed by atoms with van der Waals surface area (Å²) < 4.78 is 12.2. The second kappa shape index (κ2) is 5.63. The van der Waals surface area contributed by atoms with Gasteiger partial charge in [-0.2, -0.15) is 0 Å². The fourth-order valence-corrected chi connectivity index (χ4v) is 2.60. The second-order valence-corrected chi connectivity index (χ2v) is 5.14. The van der Waals surface area contributed by atoms with E-state index >= 15 is 0 Å². The fourth-order valence-electron chi connectivity index (χ4n) is 2.60. The maximum Gasteiger partial charge on any atom is 0.261 e. The molecule has 3 rings (SSSR count). The summed E-state index contributed by atoms with van der Waals surface area (Å²) in [7, 11) is 1.60. The van der Waals surface area contributed by atoms with Gasteiger partial charge >= 0.3 is 0 Å². The Morgan fingerprint density at radius 1 is 1.40 bits per heavy atom. The summed E-state index contributed by atoms with van der Waals surface area (Å²) in [6.07, 6.45) is 3.65. The third kappa shape index (κ3) is 2.54. The van der Waals surface area contributed by atoms with Gasteiger partial charge in [0.2, 0.25) is 0 Å². The van der Waals surface area contributed by atoms with Crippen molar-refractivity contribution in [1.82, 2.24) is 9.55 Å². The maximum atomic E-state index is 12.5. The molecular formula is C15H18N2O3. The quantitative estimate of drug-likeness (QED) is 0.857. The SMILES string of the molecule is COc1ccc2ncn(CC3CCOCC3)c(=O)c2c1. The minimum Gasteiger partial charge on any atom is -0.497 e. The highest BCUT2D eigenvalue weighted by atomic mass is 16.5. The number of ether oxygens (including phenoxy) is 2. The Morgan fingerprint density at radius 3 is 2.95 bits per heavy atom. The van der Waals surface area contributed by atoms with Crippen LogP contribution in [-0.2, 0) is 11.3 Å². The first-order valence-corrected chi connectivity index (χ1v) is 6.89. The molecule has 1 fully saturated rings. The van der Waals surface area contributed by atoms with E-state index in [1.54, 1.807) is 24.1 Å². The normalized spacial score (nSPS) is 16.4. The number of hydrogen-bond acceptors (Lipinski definition) is 4. The van der Waals surface area contributed by atoms with Gasteiger partial charge in [-0.3, -0.25) is 9.36 Å². The molecular weight excluding hydrogens is 256 g/mol. The van der Waals surface area contributed by atoms with Crippen LogP contribution in [0.2, 0.25) is 0 Å². The van der Waals surface area contributed by atoms with Crippen molar-refractivity contribution in [3.8, 4) is 5.75 Å². The highest BCUT2D eigenvalue weighted by Crippen LogP contribution is 2.18. The zero-order valence-corrected chi connectivity index (χ0v) is 11.5. The van der Waals surface area contributed by atoms with Gasteiger partial charge in [0.15, 0.2) is 0 Å². The summed E-state index contributed by atoms with van der Waals surface area (Å²) in [6, 6.07) is 5.39. The number of nitrogens with zero attached hydrogens (tertiary/aromatic N) is 2. The molecule has 0 N–H and O–H groups in total. The van der Waals surface area contributed by atoms with Crippen molar-refractivity contribution >= 4 is 10.9 Å². The molecule has 0 atom stereocenters. The molecule has 20 heavy (non-hydrogen) atoms. The fraction of sp³-hybridized carbons (Fsp3) is 0.467. The van der Waals surface area contributed by atoms with Crippen molar-refractivity contribution in [2.45, 2.75) is 19.4 Å². The average molecular weight is 274 g/mol. The Morgan fingerprint density at radius 2 is 2.20 bits per heavy atom. The van der Waals surface area contributed by atoms with E-state index in [1.165, 1.54) is 0 Å². The predicted molar refractivity (Wildman–Crippen MR) is 76.1 cm³/mol. The van der Waals surface area contributed by atoms with Gasteiger partial charge in [0.05, 0.1) is 24.3 Å². The Hall–Kier alpha value is -1.88. The molecule has 1 aliphatic heterocycles. The van der Waals surface area contributed by atoms with Crippen LogP contribution in [0.4, 0.5) is 0 Å². The first-order valence-electron chi connectivity index (χ1n) is 6.89. The summed E-state index contributed by atoms with van der Waals surface area (Å²) in [5.74, 6) is 1.17. The molecule has 1 aromatic carbocycles. The van der Waals surface area contributed by atoms with Crippen LogP contribution in [-0.4, -0.2) is 29.9 Å². The molecule has 0 unspecified atom stereocenters. The zero-order chi connectivity index (χ0) is 13.9. The summed E-state index contributed by atoms with van der Waals surface area (Å²) in [5.41, 5.74) is 0.708. The molecule has 1 saturated heterocycles. The number of fused-ring (bicyclic) bond motifs is 1. The first kappa shape index (κ1) is 13.1. The molecule has 0 radical (unpaired) electrons. The largest absolute Gasteiger partial charge is 0.497 e. The van der Waals surface area contributed by atoms with Crippen LogP contribution in [0.5, 0.6) is 5.75 Å². The van der Waals surface area contributed by atoms with Crippen LogP contribution >= 0.6 is 0 Å². The van der Waals surface area contributed by atoms with Gasteiger partial charge in [-0.05, 0) is 37.0 Å². The molecule has 5 heteroatoms. The minimum atomic E-state index is 0.000363. The molecule has 106 valence electrons. The Balaban J connectivity index is 1.95. The number of hydrogen-bond donors (Lipinski definition) is 0. The Kier molecular flexibility index (Phi) is 3.69. The van der Waals surface area contributed by atoms with Crippen LogP contribution in [0.25, 0.3) is 10.9 Å². The van der Waals surface area contributed by atoms with Crippen LogP contribution in [0.15, 0.2) is 29.3 Å². The van der Waals surface area contributed by atoms with Crippen molar-refractivity contribution in [3.63, 3.8) is 0 Å². The summed E-state index contributed by atoms with van der Waals surface area (Å²) in [4.78, 5) is 16.9. The van der Waals surface area contributed by atoms with E-state index in [1.807, 2.05) is 12.1 Å². The number of methoxy groups -OCH3 is 1. The molecule has 1 aliphatic rings. The second-order valence-electron chi connectivity index (χ2n) is 5.14. The monoisotopic (exact) mass is 274 g/mol. The topological polar surface area (TPSA) is 53.4 Å². The van der Waals surface area contributed by atoms with Gasteiger partial charge in [0, 0.05) is 19.8 Å². The first-order chi connectivity index (χ1) is 9.78. The summed E-state index contributed by atoms with van der Waals surface area (Å²) in [5, 5.41) is 0.610. The van der Waals surface area contributed by atoms with E-state index in [0.29, 0.717) is 29.1 Å². The minimum absolute atomic E-state index is 0.000363. The Labute approximate surface area is 117 Å². The molecule has 2 heterocycles. The van der Waals surface area contributed by atoms with Crippen LogP contribution < -0.4 is 10.3 Å². The molecule has 0 amide bonds. The molecule has 0 aliphatic carbocycles. The molecule has 0 bridgehead atoms. The predicted octanol–water partition coefficient (Wildman–Crippen LogP) is 1.83. The molecule has 2 aromatic rings. The highest BCUT2D eigenvalue weighted by Gasteiger charge is 2.15. The van der Waals surface area contributed by atoms with Crippen LogP contribution in [0.1, 0.15) is 12.8 Å². The van der Waals surface area contributed by atoms with E-state index in [9.17, 15) is 4.79 Å². The standard InChI is InChI=1S/C15H18N2O3/c1-19-12-2-3-14-13(8-12)15(18)17(10-16-14)9-11-4-6-20-7-5-11/h2-3,8,10-11H,4-7,9H2,1H3. The van der Waals surface area contributed by atoms with Crippen molar-refractivity contribution < 1.29 is 9.47 Å². The van der Waals surface area contributed by atoms with E-state index in [-0.39, 0.29) is 5.56 Å². The molecule has 5 nitrogen and oxygen atoms in total. The number of benzene rings is 1. The van der Waals surface area contributed by atoms with Crippen molar-refractivity contribution in [2.75, 3.05) is 20.3 Å². The zero-order valence-electron chi connectivity index (χ0n) is 11.5. The number of rotatable bonds is 3. The lowest BCUT2D eigenvalue weighted by Gasteiger charge is -2.22. The third-order valence-corrected chi connectivity index (χ3v) is 3.83. The average Bonchev–Trinajstić information content (AvgIpc) is 2.51. The van der Waals surface area contributed by atoms with Gasteiger partial charge in [0.25, 0.3) is 5.56 Å². The molecule has 0 spiro atoms.